The van der Waals surface area contributed by atoms with Crippen LogP contribution in [0.5, 0.6) is 11.5 Å². The maximum atomic E-state index is 12.5. The number of anilines is 1. The first-order chi connectivity index (χ1) is 13.0. The maximum Gasteiger partial charge on any atom is 0.251 e. The van der Waals surface area contributed by atoms with E-state index in [9.17, 15) is 9.59 Å². The molecular weight excluding hydrogens is 386 g/mol. The van der Waals surface area contributed by atoms with E-state index in [0.717, 1.165) is 5.75 Å². The predicted molar refractivity (Wildman–Crippen MR) is 110 cm³/mol. The predicted octanol–water partition coefficient (Wildman–Crippen LogP) is 3.16. The number of carbonyl (C=O) groups is 1. The third-order valence-corrected chi connectivity index (χ3v) is 5.43. The summed E-state index contributed by atoms with van der Waals surface area (Å²) in [6, 6.07) is 6.64. The van der Waals surface area contributed by atoms with Gasteiger partial charge in [0.1, 0.15) is 0 Å². The van der Waals surface area contributed by atoms with Gasteiger partial charge in [-0.25, -0.2) is 4.98 Å². The van der Waals surface area contributed by atoms with E-state index in [-0.39, 0.29) is 11.5 Å². The van der Waals surface area contributed by atoms with Crippen molar-refractivity contribution in [3.63, 3.8) is 0 Å². The standard InChI is InChI=1S/C18H23N3O4S2/c1-5-26-10-13-9-16(22)21-18(20-13)27-11(2)17(23)19-12-6-7-14(24-3)15(8-12)25-4/h6-9,11H,5,10H2,1-4H3,(H,19,23)(H,20,21,22). The number of hydrogen-bond acceptors (Lipinski definition) is 7. The van der Waals surface area contributed by atoms with Crippen LogP contribution >= 0.6 is 23.5 Å². The molecule has 1 amide bonds. The topological polar surface area (TPSA) is 93.3 Å². The fourth-order valence-corrected chi connectivity index (χ4v) is 3.59. The van der Waals surface area contributed by atoms with E-state index < -0.39 is 5.25 Å². The monoisotopic (exact) mass is 409 g/mol. The number of hydrogen-bond donors (Lipinski definition) is 2. The second-order valence-corrected chi connectivity index (χ2v) is 8.10. The number of rotatable bonds is 9. The number of H-pyrrole nitrogens is 1. The summed E-state index contributed by atoms with van der Waals surface area (Å²) in [6.45, 7) is 3.81. The molecule has 9 heteroatoms. The highest BCUT2D eigenvalue weighted by molar-refractivity contribution is 8.00. The van der Waals surface area contributed by atoms with E-state index in [1.807, 2.05) is 6.92 Å². The Morgan fingerprint density at radius 3 is 2.67 bits per heavy atom. The Kier molecular flexibility index (Phi) is 8.05. The number of thioether (sulfide) groups is 2. The third kappa shape index (κ3) is 6.21. The average molecular weight is 410 g/mol. The van der Waals surface area contributed by atoms with Crippen molar-refractivity contribution >= 4 is 35.1 Å². The molecule has 1 aromatic heterocycles. The highest BCUT2D eigenvalue weighted by atomic mass is 32.2. The van der Waals surface area contributed by atoms with Gasteiger partial charge in [0.2, 0.25) is 5.91 Å². The average Bonchev–Trinajstić information content (AvgIpc) is 2.65. The molecule has 1 aromatic carbocycles. The second-order valence-electron chi connectivity index (χ2n) is 5.50. The first-order valence-corrected chi connectivity index (χ1v) is 10.4. The molecule has 0 bridgehead atoms. The van der Waals surface area contributed by atoms with Gasteiger partial charge in [-0.1, -0.05) is 18.7 Å². The minimum absolute atomic E-state index is 0.205. The van der Waals surface area contributed by atoms with Crippen molar-refractivity contribution < 1.29 is 14.3 Å². The van der Waals surface area contributed by atoms with E-state index in [4.69, 9.17) is 9.47 Å². The van der Waals surface area contributed by atoms with Crippen LogP contribution in [0.15, 0.2) is 34.2 Å². The van der Waals surface area contributed by atoms with Crippen LogP contribution in [0.25, 0.3) is 0 Å². The van der Waals surface area contributed by atoms with Gasteiger partial charge < -0.3 is 19.8 Å². The Morgan fingerprint density at radius 2 is 2.00 bits per heavy atom. The molecule has 0 aliphatic heterocycles. The van der Waals surface area contributed by atoms with Gasteiger partial charge in [0, 0.05) is 23.6 Å². The Balaban J connectivity index is 2.05. The van der Waals surface area contributed by atoms with Crippen LogP contribution in [0.3, 0.4) is 0 Å². The highest BCUT2D eigenvalue weighted by Crippen LogP contribution is 2.30. The molecule has 0 saturated heterocycles. The second kappa shape index (κ2) is 10.3. The summed E-state index contributed by atoms with van der Waals surface area (Å²) in [5.74, 6) is 2.52. The van der Waals surface area contributed by atoms with Gasteiger partial charge in [-0.2, -0.15) is 11.8 Å². The lowest BCUT2D eigenvalue weighted by molar-refractivity contribution is -0.115. The molecule has 0 fully saturated rings. The van der Waals surface area contributed by atoms with Crippen LogP contribution in [-0.4, -0.2) is 41.1 Å². The van der Waals surface area contributed by atoms with Crippen LogP contribution in [0.4, 0.5) is 5.69 Å². The summed E-state index contributed by atoms with van der Waals surface area (Å²) in [7, 11) is 3.09. The van der Waals surface area contributed by atoms with E-state index in [1.165, 1.54) is 24.9 Å². The zero-order valence-corrected chi connectivity index (χ0v) is 17.3. The number of methoxy groups -OCH3 is 2. The minimum Gasteiger partial charge on any atom is -0.493 e. The lowest BCUT2D eigenvalue weighted by atomic mass is 10.2. The number of nitrogens with zero attached hydrogens (tertiary/aromatic N) is 1. The molecule has 27 heavy (non-hydrogen) atoms. The summed E-state index contributed by atoms with van der Waals surface area (Å²) < 4.78 is 10.4. The van der Waals surface area contributed by atoms with Crippen LogP contribution in [0.1, 0.15) is 19.5 Å². The van der Waals surface area contributed by atoms with Gasteiger partial charge in [0.05, 0.1) is 25.2 Å². The lowest BCUT2D eigenvalue weighted by Crippen LogP contribution is -2.23. The summed E-state index contributed by atoms with van der Waals surface area (Å²) in [5.41, 5.74) is 1.09. The molecular formula is C18H23N3O4S2. The van der Waals surface area contributed by atoms with Gasteiger partial charge >= 0.3 is 0 Å². The number of ether oxygens (including phenoxy) is 2. The normalized spacial score (nSPS) is 11.7. The molecule has 1 unspecified atom stereocenters. The molecule has 0 saturated carbocycles. The summed E-state index contributed by atoms with van der Waals surface area (Å²) >= 11 is 2.89. The van der Waals surface area contributed by atoms with Crippen LogP contribution in [-0.2, 0) is 10.5 Å². The number of carbonyl (C=O) groups excluding carboxylic acids is 1. The highest BCUT2D eigenvalue weighted by Gasteiger charge is 2.17. The minimum atomic E-state index is -0.449. The molecule has 146 valence electrons. The fourth-order valence-electron chi connectivity index (χ4n) is 2.20. The number of amides is 1. The fraction of sp³-hybridized carbons (Fsp3) is 0.389. The summed E-state index contributed by atoms with van der Waals surface area (Å²) in [4.78, 5) is 31.4. The SMILES string of the molecule is CCSCc1cc(=O)[nH]c(SC(C)C(=O)Nc2ccc(OC)c(OC)c2)n1. The number of benzene rings is 1. The number of nitrogens with one attached hydrogen (secondary N) is 2. The van der Waals surface area contributed by atoms with Crippen molar-refractivity contribution in [2.45, 2.75) is 30.0 Å². The molecule has 2 rings (SSSR count). The first-order valence-electron chi connectivity index (χ1n) is 8.34. The Labute approximate surface area is 166 Å². The van der Waals surface area contributed by atoms with Gasteiger partial charge in [-0.15, -0.1) is 0 Å². The molecule has 2 aromatic rings. The maximum absolute atomic E-state index is 12.5. The van der Waals surface area contributed by atoms with Crippen molar-refractivity contribution in [1.82, 2.24) is 9.97 Å². The number of aromatic nitrogens is 2. The van der Waals surface area contributed by atoms with Gasteiger partial charge in [-0.3, -0.25) is 9.59 Å². The van der Waals surface area contributed by atoms with Crippen molar-refractivity contribution in [3.05, 3.63) is 40.3 Å². The zero-order chi connectivity index (χ0) is 19.8. The van der Waals surface area contributed by atoms with E-state index in [2.05, 4.69) is 15.3 Å². The molecule has 0 aliphatic carbocycles. The molecule has 1 heterocycles. The third-order valence-electron chi connectivity index (χ3n) is 3.54. The molecule has 0 aliphatic rings. The van der Waals surface area contributed by atoms with Crippen molar-refractivity contribution in [1.29, 1.82) is 0 Å². The molecule has 0 spiro atoms. The largest absolute Gasteiger partial charge is 0.493 e. The van der Waals surface area contributed by atoms with Crippen LogP contribution in [0, 0.1) is 0 Å². The Bertz CT molecular complexity index is 842. The van der Waals surface area contributed by atoms with Crippen LogP contribution in [0.2, 0.25) is 0 Å². The Morgan fingerprint density at radius 1 is 1.26 bits per heavy atom. The van der Waals surface area contributed by atoms with Crippen molar-refractivity contribution in [2.75, 3.05) is 25.3 Å². The van der Waals surface area contributed by atoms with Crippen molar-refractivity contribution in [3.8, 4) is 11.5 Å². The zero-order valence-electron chi connectivity index (χ0n) is 15.7. The van der Waals surface area contributed by atoms with E-state index in [0.29, 0.717) is 33.8 Å². The molecule has 0 radical (unpaired) electrons. The van der Waals surface area contributed by atoms with E-state index in [1.54, 1.807) is 44.0 Å². The molecule has 2 N–H and O–H groups in total. The Hall–Kier alpha value is -2.13. The lowest BCUT2D eigenvalue weighted by Gasteiger charge is -2.13. The molecule has 7 nitrogen and oxygen atoms in total. The summed E-state index contributed by atoms with van der Waals surface area (Å²) in [6.07, 6.45) is 0. The smallest absolute Gasteiger partial charge is 0.251 e. The van der Waals surface area contributed by atoms with E-state index >= 15 is 0 Å². The van der Waals surface area contributed by atoms with Gasteiger partial charge in [-0.05, 0) is 24.8 Å². The molecule has 1 atom stereocenters. The number of aromatic amines is 1. The quantitative estimate of drug-likeness (QED) is 0.485. The summed E-state index contributed by atoms with van der Waals surface area (Å²) in [5, 5.41) is 2.82. The van der Waals surface area contributed by atoms with Crippen molar-refractivity contribution in [2.24, 2.45) is 0 Å². The van der Waals surface area contributed by atoms with Crippen LogP contribution < -0.4 is 20.3 Å². The first kappa shape index (κ1) is 21.2. The van der Waals surface area contributed by atoms with Gasteiger partial charge in [0.15, 0.2) is 16.7 Å². The van der Waals surface area contributed by atoms with Gasteiger partial charge in [0.25, 0.3) is 5.56 Å².